The number of anilines is 1. The highest BCUT2D eigenvalue weighted by atomic mass is 32.2. The van der Waals surface area contributed by atoms with Gasteiger partial charge in [0, 0.05) is 50.1 Å². The van der Waals surface area contributed by atoms with E-state index in [9.17, 15) is 72.9 Å². The number of nitrogens with two attached hydrogens (primary N) is 1. The molecular weight excluding hydrogens is 995 g/mol. The molecule has 2 aliphatic rings. The van der Waals surface area contributed by atoms with E-state index in [0.717, 1.165) is 29.0 Å². The molecule has 29 nitrogen and oxygen atoms in total. The first kappa shape index (κ1) is 57.6. The number of aliphatic hydroxyl groups is 4. The SMILES string of the molecule is C[C@@H]1O[C@@H](OCCCCCC(=O)CC(=O)SCCNC(=O)CCNC(=O)[C@H](O)C(C)(C)COP(=O)(O)OP(=O)(O)OC[C@H]2O[C@@H](n3cnc4c(N)ncnc43)[C@H](O)[C@@H]2OP(=O)(O)O)[C@H](O)C[C@H]1O. The number of thioether (sulfide) groups is 1. The van der Waals surface area contributed by atoms with Gasteiger partial charge >= 0.3 is 23.5 Å². The summed E-state index contributed by atoms with van der Waals surface area (Å²) in [5, 5.41) is 45.7. The molecule has 0 spiro atoms. The molecule has 0 aromatic carbocycles. The molecule has 68 heavy (non-hydrogen) atoms. The molecule has 2 aromatic heterocycles. The predicted octanol–water partition coefficient (Wildman–Crippen LogP) is -0.942. The second-order valence-corrected chi connectivity index (χ2v) is 21.7. The van der Waals surface area contributed by atoms with Gasteiger partial charge in [-0.1, -0.05) is 32.0 Å². The zero-order chi connectivity index (χ0) is 50.6. The van der Waals surface area contributed by atoms with Crippen molar-refractivity contribution in [2.24, 2.45) is 5.41 Å². The number of nitrogen functional groups attached to an aromatic ring is 1. The van der Waals surface area contributed by atoms with E-state index in [1.54, 1.807) is 6.92 Å². The standard InChI is InChI=1S/C35H58N7O22P3S/c1-19-21(44)14-22(45)34(61-19)58-11-6-4-5-7-20(43)13-25(47)68-12-10-37-24(46)8-9-38-32(50)29(49)35(2,3)16-60-67(56,57)64-66(54,55)59-15-23-28(63-65(51,52)53)27(48)33(62-23)42-18-41-26-30(36)39-17-40-31(26)42/h17-19,21-23,27-29,33-34,44-45,48-49H,4-16H2,1-3H3,(H,37,46)(H,38,50)(H,54,55)(H,56,57)(H2,36,39,40)(H2,51,52,53)/t19-,21+,22+,23+,27+,28+,29-,33+,34+/m0/s1. The minimum Gasteiger partial charge on any atom is -0.390 e. The van der Waals surface area contributed by atoms with Gasteiger partial charge < -0.3 is 70.6 Å². The smallest absolute Gasteiger partial charge is 0.390 e. The number of phosphoric acid groups is 3. The number of hydrogen-bond donors (Lipinski definition) is 11. The van der Waals surface area contributed by atoms with Crippen LogP contribution in [0.25, 0.3) is 11.2 Å². The van der Waals surface area contributed by atoms with Crippen LogP contribution >= 0.6 is 35.2 Å². The number of carbonyl (C=O) groups excluding carboxylic acids is 4. The van der Waals surface area contributed by atoms with Crippen molar-refractivity contribution in [3.05, 3.63) is 12.7 Å². The normalized spacial score (nSPS) is 25.6. The summed E-state index contributed by atoms with van der Waals surface area (Å²) >= 11 is 0.866. The molecule has 2 aliphatic heterocycles. The summed E-state index contributed by atoms with van der Waals surface area (Å²) in [5.74, 6) is -1.67. The molecule has 0 saturated carbocycles. The number of unbranched alkanes of at least 4 members (excludes halogenated alkanes) is 2. The monoisotopic (exact) mass is 1050 g/mol. The average Bonchev–Trinajstić information content (AvgIpc) is 3.80. The zero-order valence-corrected chi connectivity index (χ0v) is 40.5. The van der Waals surface area contributed by atoms with Gasteiger partial charge in [-0.2, -0.15) is 4.31 Å². The van der Waals surface area contributed by atoms with Crippen LogP contribution in [-0.2, 0) is 65.0 Å². The molecule has 11 atom stereocenters. The largest absolute Gasteiger partial charge is 0.481 e. The molecule has 0 radical (unpaired) electrons. The third kappa shape index (κ3) is 18.0. The molecule has 2 amide bonds. The zero-order valence-electron chi connectivity index (χ0n) is 37.0. The summed E-state index contributed by atoms with van der Waals surface area (Å²) in [7, 11) is -16.5. The number of fused-ring (bicyclic) bond motifs is 1. The maximum absolute atomic E-state index is 12.7. The molecule has 4 rings (SSSR count). The number of hydrogen-bond acceptors (Lipinski definition) is 23. The van der Waals surface area contributed by atoms with Crippen molar-refractivity contribution >= 4 is 74.9 Å². The Bertz CT molecular complexity index is 2190. The molecule has 12 N–H and O–H groups in total. The molecule has 2 fully saturated rings. The van der Waals surface area contributed by atoms with E-state index < -0.39 is 109 Å². The number of carbonyl (C=O) groups is 4. The Morgan fingerprint density at radius 2 is 1.66 bits per heavy atom. The lowest BCUT2D eigenvalue weighted by atomic mass is 9.87. The van der Waals surface area contributed by atoms with Crippen molar-refractivity contribution in [3.63, 3.8) is 0 Å². The minimum atomic E-state index is -5.61. The number of Topliss-reactive ketones (excluding diaryl/α,β-unsaturated/α-hetero) is 1. The van der Waals surface area contributed by atoms with Crippen molar-refractivity contribution in [3.8, 4) is 0 Å². The lowest BCUT2D eigenvalue weighted by Gasteiger charge is -2.35. The summed E-state index contributed by atoms with van der Waals surface area (Å²) < 4.78 is 73.3. The van der Waals surface area contributed by atoms with Gasteiger partial charge in [0.05, 0.1) is 38.2 Å². The van der Waals surface area contributed by atoms with E-state index in [0.29, 0.717) is 25.9 Å². The topological polar surface area (TPSA) is 440 Å². The van der Waals surface area contributed by atoms with Crippen LogP contribution in [0.15, 0.2) is 12.7 Å². The van der Waals surface area contributed by atoms with Gasteiger partial charge in [-0.3, -0.25) is 37.3 Å². The highest BCUT2D eigenvalue weighted by molar-refractivity contribution is 8.13. The molecule has 0 aliphatic carbocycles. The van der Waals surface area contributed by atoms with Gasteiger partial charge in [-0.25, -0.2) is 28.6 Å². The summed E-state index contributed by atoms with van der Waals surface area (Å²) in [6.45, 7) is 2.15. The number of nitrogens with one attached hydrogen (secondary N) is 2. The van der Waals surface area contributed by atoms with Crippen molar-refractivity contribution in [1.82, 2.24) is 30.2 Å². The Morgan fingerprint density at radius 1 is 0.956 bits per heavy atom. The van der Waals surface area contributed by atoms with Gasteiger partial charge in [0.2, 0.25) is 11.8 Å². The maximum atomic E-state index is 12.7. The first-order valence-electron chi connectivity index (χ1n) is 20.9. The summed E-state index contributed by atoms with van der Waals surface area (Å²) in [6, 6.07) is 0. The van der Waals surface area contributed by atoms with Crippen LogP contribution in [0.2, 0.25) is 0 Å². The van der Waals surface area contributed by atoms with Crippen LogP contribution in [-0.4, -0.2) is 170 Å². The van der Waals surface area contributed by atoms with E-state index >= 15 is 0 Å². The fraction of sp³-hybridized carbons (Fsp3) is 0.743. The Balaban J connectivity index is 1.10. The third-order valence-electron chi connectivity index (χ3n) is 10.2. The average molecular weight is 1050 g/mol. The van der Waals surface area contributed by atoms with Crippen LogP contribution in [0.1, 0.15) is 71.9 Å². The van der Waals surface area contributed by atoms with Crippen LogP contribution in [0.5, 0.6) is 0 Å². The van der Waals surface area contributed by atoms with E-state index in [-0.39, 0.29) is 72.4 Å². The van der Waals surface area contributed by atoms with E-state index in [4.69, 9.17) is 29.0 Å². The first-order valence-corrected chi connectivity index (χ1v) is 26.4. The van der Waals surface area contributed by atoms with Crippen molar-refractivity contribution < 1.29 is 105 Å². The van der Waals surface area contributed by atoms with Gasteiger partial charge in [-0.15, -0.1) is 0 Å². The van der Waals surface area contributed by atoms with Gasteiger partial charge in [0.25, 0.3) is 0 Å². The Hall–Kier alpha value is -2.93. The number of amides is 2. The molecule has 2 unspecified atom stereocenters. The number of imidazole rings is 1. The molecule has 2 saturated heterocycles. The summed E-state index contributed by atoms with van der Waals surface area (Å²) in [5.41, 5.74) is 4.19. The lowest BCUT2D eigenvalue weighted by Crippen LogP contribution is -2.47. The molecule has 4 heterocycles. The fourth-order valence-electron chi connectivity index (χ4n) is 6.49. The lowest BCUT2D eigenvalue weighted by molar-refractivity contribution is -0.261. The van der Waals surface area contributed by atoms with Crippen molar-refractivity contribution in [2.75, 3.05) is 44.4 Å². The molecule has 2 aromatic rings. The van der Waals surface area contributed by atoms with Crippen molar-refractivity contribution in [2.45, 2.75) is 121 Å². The van der Waals surface area contributed by atoms with Gasteiger partial charge in [-0.05, 0) is 19.8 Å². The minimum absolute atomic E-state index is 0.0164. The highest BCUT2D eigenvalue weighted by Crippen LogP contribution is 2.61. The van der Waals surface area contributed by atoms with E-state index in [1.807, 2.05) is 0 Å². The maximum Gasteiger partial charge on any atom is 0.481 e. The fourth-order valence-corrected chi connectivity index (χ4v) is 10.0. The number of aliphatic hydroxyl groups excluding tert-OH is 4. The van der Waals surface area contributed by atoms with Crippen LogP contribution in [0.3, 0.4) is 0 Å². The number of aromatic nitrogens is 4. The summed E-state index contributed by atoms with van der Waals surface area (Å²) in [6.07, 6.45) is -8.28. The Morgan fingerprint density at radius 3 is 2.37 bits per heavy atom. The molecule has 386 valence electrons. The summed E-state index contributed by atoms with van der Waals surface area (Å²) in [4.78, 5) is 100. The van der Waals surface area contributed by atoms with Gasteiger partial charge in [0.1, 0.15) is 48.1 Å². The Labute approximate surface area is 392 Å². The molecule has 33 heteroatoms. The van der Waals surface area contributed by atoms with E-state index in [1.165, 1.54) is 13.8 Å². The predicted molar refractivity (Wildman–Crippen MR) is 232 cm³/mol. The van der Waals surface area contributed by atoms with Crippen LogP contribution in [0.4, 0.5) is 5.82 Å². The third-order valence-corrected chi connectivity index (χ3v) is 14.2. The van der Waals surface area contributed by atoms with E-state index in [2.05, 4.69) is 34.4 Å². The van der Waals surface area contributed by atoms with Crippen molar-refractivity contribution in [1.29, 1.82) is 0 Å². The van der Waals surface area contributed by atoms with Crippen LogP contribution in [0, 0.1) is 5.41 Å². The Kier molecular flexibility index (Phi) is 21.6. The molecule has 0 bridgehead atoms. The number of ether oxygens (including phenoxy) is 3. The quantitative estimate of drug-likeness (QED) is 0.0278. The number of rotatable bonds is 28. The van der Waals surface area contributed by atoms with Gasteiger partial charge in [0.15, 0.2) is 29.1 Å². The first-order chi connectivity index (χ1) is 31.7. The second kappa shape index (κ2) is 25.5. The molecular formula is C35H58N7O22P3S. The highest BCUT2D eigenvalue weighted by Gasteiger charge is 2.50. The number of nitrogens with zero attached hydrogens (tertiary/aromatic N) is 4. The number of ketones is 1. The van der Waals surface area contributed by atoms with Crippen LogP contribution < -0.4 is 16.4 Å². The number of phosphoric ester groups is 3. The second-order valence-electron chi connectivity index (χ2n) is 16.3.